The summed E-state index contributed by atoms with van der Waals surface area (Å²) in [5.74, 6) is -0.362. The lowest BCUT2D eigenvalue weighted by molar-refractivity contribution is 0.0529. The molecule has 2 aromatic rings. The third-order valence-electron chi connectivity index (χ3n) is 2.70. The number of ether oxygens (including phenoxy) is 1. The molecule has 1 heterocycles. The van der Waals surface area contributed by atoms with Crippen molar-refractivity contribution < 1.29 is 9.53 Å². The second-order valence-electron chi connectivity index (χ2n) is 4.00. The van der Waals surface area contributed by atoms with E-state index in [1.54, 1.807) is 6.92 Å². The largest absolute Gasteiger partial charge is 0.462 e. The molecule has 1 aromatic carbocycles. The molecule has 0 amide bonds. The van der Waals surface area contributed by atoms with Crippen LogP contribution in [-0.4, -0.2) is 12.6 Å². The summed E-state index contributed by atoms with van der Waals surface area (Å²) < 4.78 is 6.05. The highest BCUT2D eigenvalue weighted by Crippen LogP contribution is 2.39. The van der Waals surface area contributed by atoms with Crippen LogP contribution in [0, 0.1) is 6.92 Å². The zero-order valence-electron chi connectivity index (χ0n) is 10.7. The number of hydrogen-bond acceptors (Lipinski definition) is 4. The molecule has 19 heavy (non-hydrogen) atoms. The van der Waals surface area contributed by atoms with Gasteiger partial charge in [-0.05, 0) is 31.5 Å². The minimum atomic E-state index is -0.362. The van der Waals surface area contributed by atoms with Crippen LogP contribution in [0.4, 0.5) is 5.00 Å². The van der Waals surface area contributed by atoms with Gasteiger partial charge in [0, 0.05) is 14.9 Å². The van der Waals surface area contributed by atoms with Gasteiger partial charge in [-0.15, -0.1) is 11.3 Å². The first-order chi connectivity index (χ1) is 9.04. The highest BCUT2D eigenvalue weighted by molar-refractivity contribution is 9.10. The van der Waals surface area contributed by atoms with Gasteiger partial charge in [0.1, 0.15) is 10.6 Å². The molecule has 2 rings (SSSR count). The van der Waals surface area contributed by atoms with Crippen LogP contribution in [0.3, 0.4) is 0 Å². The Morgan fingerprint density at radius 2 is 2.21 bits per heavy atom. The van der Waals surface area contributed by atoms with Crippen LogP contribution in [0.5, 0.6) is 0 Å². The summed E-state index contributed by atoms with van der Waals surface area (Å²) in [6.07, 6.45) is 0. The lowest BCUT2D eigenvalue weighted by atomic mass is 10.0. The highest BCUT2D eigenvalue weighted by atomic mass is 79.9. The fourth-order valence-corrected chi connectivity index (χ4v) is 3.30. The Balaban J connectivity index is 2.59. The van der Waals surface area contributed by atoms with E-state index >= 15 is 0 Å². The molecule has 0 fully saturated rings. The van der Waals surface area contributed by atoms with Crippen molar-refractivity contribution in [3.8, 4) is 11.1 Å². The first-order valence-corrected chi connectivity index (χ1v) is 7.47. The maximum atomic E-state index is 12.1. The predicted octanol–water partition coefficient (Wildman–Crippen LogP) is 4.24. The van der Waals surface area contributed by atoms with Gasteiger partial charge >= 0.3 is 5.97 Å². The summed E-state index contributed by atoms with van der Waals surface area (Å²) in [4.78, 5) is 13.1. The molecule has 0 atom stereocenters. The van der Waals surface area contributed by atoms with E-state index in [4.69, 9.17) is 10.5 Å². The average molecular weight is 340 g/mol. The van der Waals surface area contributed by atoms with Crippen LogP contribution in [0.25, 0.3) is 11.1 Å². The molecule has 0 bridgehead atoms. The first-order valence-electron chi connectivity index (χ1n) is 5.86. The normalized spacial score (nSPS) is 10.5. The Morgan fingerprint density at radius 1 is 1.47 bits per heavy atom. The summed E-state index contributed by atoms with van der Waals surface area (Å²) in [6.45, 7) is 4.08. The Labute approximate surface area is 124 Å². The summed E-state index contributed by atoms with van der Waals surface area (Å²) >= 11 is 4.85. The quantitative estimate of drug-likeness (QED) is 0.850. The standard InChI is InChI=1S/C14H14BrNO2S/c1-3-18-14(17)12-11(8(2)19-13(12)16)9-5-4-6-10(15)7-9/h4-7H,3,16H2,1-2H3. The smallest absolute Gasteiger partial charge is 0.341 e. The van der Waals surface area contributed by atoms with Crippen LogP contribution in [0.2, 0.25) is 0 Å². The highest BCUT2D eigenvalue weighted by Gasteiger charge is 2.22. The number of carbonyl (C=O) groups excluding carboxylic acids is 1. The Kier molecular flexibility index (Phi) is 4.27. The Morgan fingerprint density at radius 3 is 2.84 bits per heavy atom. The third-order valence-corrected chi connectivity index (χ3v) is 4.13. The topological polar surface area (TPSA) is 52.3 Å². The van der Waals surface area contributed by atoms with Gasteiger partial charge in [0.15, 0.2) is 0 Å². The van der Waals surface area contributed by atoms with E-state index in [2.05, 4.69) is 15.9 Å². The van der Waals surface area contributed by atoms with E-state index in [-0.39, 0.29) is 5.97 Å². The maximum absolute atomic E-state index is 12.1. The van der Waals surface area contributed by atoms with Crippen molar-refractivity contribution in [2.45, 2.75) is 13.8 Å². The van der Waals surface area contributed by atoms with E-state index in [0.29, 0.717) is 17.2 Å². The molecular formula is C14H14BrNO2S. The predicted molar refractivity (Wildman–Crippen MR) is 82.6 cm³/mol. The van der Waals surface area contributed by atoms with Crippen molar-refractivity contribution in [1.29, 1.82) is 0 Å². The fraction of sp³-hybridized carbons (Fsp3) is 0.214. The fourth-order valence-electron chi connectivity index (χ4n) is 1.96. The molecule has 0 unspecified atom stereocenters. The molecule has 0 radical (unpaired) electrons. The summed E-state index contributed by atoms with van der Waals surface area (Å²) in [7, 11) is 0. The van der Waals surface area contributed by atoms with E-state index < -0.39 is 0 Å². The van der Waals surface area contributed by atoms with Crippen molar-refractivity contribution in [1.82, 2.24) is 0 Å². The van der Waals surface area contributed by atoms with Crippen molar-refractivity contribution in [2.24, 2.45) is 0 Å². The van der Waals surface area contributed by atoms with Crippen molar-refractivity contribution >= 4 is 38.2 Å². The number of esters is 1. The minimum Gasteiger partial charge on any atom is -0.462 e. The maximum Gasteiger partial charge on any atom is 0.341 e. The number of benzene rings is 1. The lowest BCUT2D eigenvalue weighted by Gasteiger charge is -2.07. The number of anilines is 1. The minimum absolute atomic E-state index is 0.338. The zero-order chi connectivity index (χ0) is 14.0. The van der Waals surface area contributed by atoms with Crippen LogP contribution < -0.4 is 5.73 Å². The molecule has 0 saturated heterocycles. The molecule has 0 spiro atoms. The zero-order valence-corrected chi connectivity index (χ0v) is 13.1. The summed E-state index contributed by atoms with van der Waals surface area (Å²) in [5, 5.41) is 0.505. The van der Waals surface area contributed by atoms with Crippen LogP contribution >= 0.6 is 27.3 Å². The summed E-state index contributed by atoms with van der Waals surface area (Å²) in [5.41, 5.74) is 8.25. The first kappa shape index (κ1) is 14.1. The van der Waals surface area contributed by atoms with Gasteiger partial charge in [0.25, 0.3) is 0 Å². The molecule has 100 valence electrons. The second-order valence-corrected chi connectivity index (χ2v) is 6.18. The van der Waals surface area contributed by atoms with Crippen molar-refractivity contribution in [2.75, 3.05) is 12.3 Å². The van der Waals surface area contributed by atoms with Gasteiger partial charge < -0.3 is 10.5 Å². The Hall–Kier alpha value is -1.33. The molecule has 0 aliphatic carbocycles. The van der Waals surface area contributed by atoms with Gasteiger partial charge in [-0.3, -0.25) is 0 Å². The molecule has 0 aliphatic rings. The third kappa shape index (κ3) is 2.82. The van der Waals surface area contributed by atoms with Crippen LogP contribution in [0.1, 0.15) is 22.2 Å². The van der Waals surface area contributed by atoms with Gasteiger partial charge in [0.2, 0.25) is 0 Å². The molecule has 3 nitrogen and oxygen atoms in total. The van der Waals surface area contributed by atoms with E-state index in [1.165, 1.54) is 11.3 Å². The summed E-state index contributed by atoms with van der Waals surface area (Å²) in [6, 6.07) is 7.81. The van der Waals surface area contributed by atoms with Crippen molar-refractivity contribution in [3.05, 3.63) is 39.2 Å². The lowest BCUT2D eigenvalue weighted by Crippen LogP contribution is -2.07. The van der Waals surface area contributed by atoms with E-state index in [0.717, 1.165) is 20.5 Å². The number of rotatable bonds is 3. The molecular weight excluding hydrogens is 326 g/mol. The van der Waals surface area contributed by atoms with E-state index in [1.807, 2.05) is 31.2 Å². The molecule has 0 aliphatic heterocycles. The second kappa shape index (κ2) is 5.75. The number of nitrogens with two attached hydrogens (primary N) is 1. The molecule has 1 aromatic heterocycles. The number of thiophene rings is 1. The van der Waals surface area contributed by atoms with Gasteiger partial charge in [0.05, 0.1) is 6.61 Å². The number of aryl methyl sites for hydroxylation is 1. The monoisotopic (exact) mass is 339 g/mol. The number of halogens is 1. The SMILES string of the molecule is CCOC(=O)c1c(N)sc(C)c1-c1cccc(Br)c1. The van der Waals surface area contributed by atoms with E-state index in [9.17, 15) is 4.79 Å². The van der Waals surface area contributed by atoms with Crippen molar-refractivity contribution in [3.63, 3.8) is 0 Å². The number of nitrogen functional groups attached to an aromatic ring is 1. The molecule has 0 saturated carbocycles. The number of hydrogen-bond donors (Lipinski definition) is 1. The Bertz CT molecular complexity index is 622. The molecule has 2 N–H and O–H groups in total. The number of carbonyl (C=O) groups is 1. The van der Waals surface area contributed by atoms with Crippen LogP contribution in [-0.2, 0) is 4.74 Å². The van der Waals surface area contributed by atoms with Gasteiger partial charge in [-0.2, -0.15) is 0 Å². The van der Waals surface area contributed by atoms with Gasteiger partial charge in [-0.1, -0.05) is 28.1 Å². The van der Waals surface area contributed by atoms with Gasteiger partial charge in [-0.25, -0.2) is 4.79 Å². The van der Waals surface area contributed by atoms with Crippen LogP contribution in [0.15, 0.2) is 28.7 Å². The average Bonchev–Trinajstić information content (AvgIpc) is 2.64. The molecule has 5 heteroatoms.